The highest BCUT2D eigenvalue weighted by atomic mass is 32.2. The molecule has 0 aliphatic heterocycles. The summed E-state index contributed by atoms with van der Waals surface area (Å²) < 4.78 is 1.06. The van der Waals surface area contributed by atoms with Crippen molar-refractivity contribution in [1.82, 2.24) is 15.5 Å². The summed E-state index contributed by atoms with van der Waals surface area (Å²) in [6.45, 7) is 9.58. The van der Waals surface area contributed by atoms with Gasteiger partial charge in [-0.15, -0.1) is 10.2 Å². The molecular weight excluding hydrogens is 298 g/mol. The van der Waals surface area contributed by atoms with Crippen molar-refractivity contribution in [3.8, 4) is 0 Å². The van der Waals surface area contributed by atoms with Gasteiger partial charge in [-0.2, -0.15) is 0 Å². The van der Waals surface area contributed by atoms with Crippen molar-refractivity contribution in [3.63, 3.8) is 0 Å². The summed E-state index contributed by atoms with van der Waals surface area (Å²) in [6.07, 6.45) is 1.14. The van der Waals surface area contributed by atoms with E-state index < -0.39 is 0 Å². The molecule has 1 heterocycles. The number of thioether (sulfide) groups is 1. The molecule has 2 rings (SSSR count). The molecular formula is C16H23N3S2. The zero-order chi connectivity index (χ0) is 15.2. The van der Waals surface area contributed by atoms with Crippen LogP contribution in [0.5, 0.6) is 0 Å². The lowest BCUT2D eigenvalue weighted by Gasteiger charge is -2.20. The van der Waals surface area contributed by atoms with Gasteiger partial charge < -0.3 is 5.32 Å². The van der Waals surface area contributed by atoms with Crippen LogP contribution in [0, 0.1) is 20.8 Å². The molecule has 0 amide bonds. The predicted molar refractivity (Wildman–Crippen MR) is 92.3 cm³/mol. The normalized spacial score (nSPS) is 12.6. The van der Waals surface area contributed by atoms with Gasteiger partial charge in [0.2, 0.25) is 0 Å². The van der Waals surface area contributed by atoms with E-state index in [4.69, 9.17) is 0 Å². The van der Waals surface area contributed by atoms with E-state index in [1.165, 1.54) is 16.7 Å². The number of hydrogen-bond acceptors (Lipinski definition) is 5. The number of aryl methyl sites for hydroxylation is 3. The van der Waals surface area contributed by atoms with Crippen molar-refractivity contribution in [2.75, 3.05) is 12.3 Å². The minimum Gasteiger partial charge on any atom is -0.309 e. The quantitative estimate of drug-likeness (QED) is 0.772. The van der Waals surface area contributed by atoms with Crippen LogP contribution in [0.2, 0.25) is 0 Å². The minimum absolute atomic E-state index is 0.361. The Bertz CT molecular complexity index is 581. The molecule has 1 atom stereocenters. The van der Waals surface area contributed by atoms with Crippen LogP contribution >= 0.6 is 23.1 Å². The highest BCUT2D eigenvalue weighted by molar-refractivity contribution is 8.01. The molecule has 0 aliphatic carbocycles. The van der Waals surface area contributed by atoms with Crippen LogP contribution in [0.1, 0.15) is 41.1 Å². The Hall–Kier alpha value is -0.910. The first-order valence-corrected chi connectivity index (χ1v) is 9.13. The smallest absolute Gasteiger partial charge is 0.174 e. The first-order valence-electron chi connectivity index (χ1n) is 7.33. The van der Waals surface area contributed by atoms with Crippen molar-refractivity contribution in [2.45, 2.75) is 44.5 Å². The Labute approximate surface area is 135 Å². The van der Waals surface area contributed by atoms with Gasteiger partial charge in [-0.1, -0.05) is 53.8 Å². The fourth-order valence-electron chi connectivity index (χ4n) is 2.29. The van der Waals surface area contributed by atoms with Gasteiger partial charge in [-0.05, 0) is 44.9 Å². The summed E-state index contributed by atoms with van der Waals surface area (Å²) in [5, 5.41) is 13.0. The van der Waals surface area contributed by atoms with E-state index in [0.717, 1.165) is 28.1 Å². The molecule has 1 N–H and O–H groups in total. The van der Waals surface area contributed by atoms with Crippen molar-refractivity contribution in [3.05, 3.63) is 39.9 Å². The number of nitrogens with one attached hydrogen (secondary N) is 1. The average Bonchev–Trinajstić information content (AvgIpc) is 2.86. The number of rotatable bonds is 7. The van der Waals surface area contributed by atoms with Gasteiger partial charge in [-0.25, -0.2) is 0 Å². The van der Waals surface area contributed by atoms with Gasteiger partial charge in [0.05, 0.1) is 0 Å². The molecule has 114 valence electrons. The van der Waals surface area contributed by atoms with Crippen LogP contribution in [0.15, 0.2) is 22.5 Å². The van der Waals surface area contributed by atoms with Crippen LogP contribution < -0.4 is 5.32 Å². The average molecular weight is 322 g/mol. The lowest BCUT2D eigenvalue weighted by Crippen LogP contribution is -2.24. The van der Waals surface area contributed by atoms with Crippen LogP contribution in [-0.2, 0) is 0 Å². The fraction of sp³-hybridized carbons (Fsp3) is 0.500. The second-order valence-electron chi connectivity index (χ2n) is 5.26. The largest absolute Gasteiger partial charge is 0.309 e. The third kappa shape index (κ3) is 4.80. The molecule has 0 aliphatic rings. The predicted octanol–water partition coefficient (Wildman–Crippen LogP) is 4.30. The van der Waals surface area contributed by atoms with E-state index in [0.29, 0.717) is 6.04 Å². The van der Waals surface area contributed by atoms with Gasteiger partial charge in [0.15, 0.2) is 4.34 Å². The zero-order valence-electron chi connectivity index (χ0n) is 13.1. The molecule has 0 spiro atoms. The maximum absolute atomic E-state index is 4.20. The van der Waals surface area contributed by atoms with E-state index in [9.17, 15) is 0 Å². The minimum atomic E-state index is 0.361. The molecule has 1 unspecified atom stereocenters. The molecule has 5 heteroatoms. The second-order valence-corrected chi connectivity index (χ2v) is 7.71. The maximum Gasteiger partial charge on any atom is 0.174 e. The maximum atomic E-state index is 4.20. The summed E-state index contributed by atoms with van der Waals surface area (Å²) >= 11 is 3.46. The van der Waals surface area contributed by atoms with Crippen molar-refractivity contribution < 1.29 is 0 Å². The van der Waals surface area contributed by atoms with Gasteiger partial charge in [-0.3, -0.25) is 0 Å². The molecule has 1 aromatic heterocycles. The van der Waals surface area contributed by atoms with Crippen LogP contribution in [0.25, 0.3) is 0 Å². The highest BCUT2D eigenvalue weighted by Crippen LogP contribution is 2.28. The summed E-state index contributed by atoms with van der Waals surface area (Å²) in [4.78, 5) is 0. The first kappa shape index (κ1) is 16.5. The van der Waals surface area contributed by atoms with Crippen LogP contribution in [0.3, 0.4) is 0 Å². The van der Waals surface area contributed by atoms with Crippen LogP contribution in [-0.4, -0.2) is 22.5 Å². The number of nitrogens with zero attached hydrogens (tertiary/aromatic N) is 2. The number of benzene rings is 1. The standard InChI is InChI=1S/C16H23N3S2/c1-5-8-17-15(10-20-16-19-18-13(4)21-16)14-7-6-11(2)9-12(14)3/h6-7,9,15,17H,5,8,10H2,1-4H3. The van der Waals surface area contributed by atoms with Gasteiger partial charge in [0, 0.05) is 11.8 Å². The Morgan fingerprint density at radius 2 is 2.05 bits per heavy atom. The Morgan fingerprint density at radius 3 is 2.67 bits per heavy atom. The van der Waals surface area contributed by atoms with E-state index in [-0.39, 0.29) is 0 Å². The van der Waals surface area contributed by atoms with E-state index in [1.54, 1.807) is 23.1 Å². The Kier molecular flexibility index (Phi) is 6.21. The second kappa shape index (κ2) is 7.92. The molecule has 3 nitrogen and oxygen atoms in total. The molecule has 1 aromatic carbocycles. The third-order valence-corrected chi connectivity index (χ3v) is 5.39. The topological polar surface area (TPSA) is 37.8 Å². The fourth-order valence-corrected chi connectivity index (χ4v) is 4.21. The number of aromatic nitrogens is 2. The van der Waals surface area contributed by atoms with Gasteiger partial charge in [0.1, 0.15) is 5.01 Å². The lowest BCUT2D eigenvalue weighted by molar-refractivity contribution is 0.575. The van der Waals surface area contributed by atoms with Crippen molar-refractivity contribution in [1.29, 1.82) is 0 Å². The highest BCUT2D eigenvalue weighted by Gasteiger charge is 2.15. The molecule has 21 heavy (non-hydrogen) atoms. The molecule has 0 saturated carbocycles. The van der Waals surface area contributed by atoms with E-state index >= 15 is 0 Å². The molecule has 0 bridgehead atoms. The summed E-state index contributed by atoms with van der Waals surface area (Å²) in [5.74, 6) is 0.985. The summed E-state index contributed by atoms with van der Waals surface area (Å²) in [6, 6.07) is 7.07. The molecule has 0 saturated heterocycles. The molecule has 0 radical (unpaired) electrons. The molecule has 0 fully saturated rings. The zero-order valence-corrected chi connectivity index (χ0v) is 14.8. The summed E-state index contributed by atoms with van der Waals surface area (Å²) in [5.41, 5.74) is 4.07. The molecule has 2 aromatic rings. The Morgan fingerprint density at radius 1 is 1.24 bits per heavy atom. The monoisotopic (exact) mass is 321 g/mol. The number of hydrogen-bond donors (Lipinski definition) is 1. The van der Waals surface area contributed by atoms with Crippen molar-refractivity contribution in [2.24, 2.45) is 0 Å². The SMILES string of the molecule is CCCNC(CSc1nnc(C)s1)c1ccc(C)cc1C. The van der Waals surface area contributed by atoms with Crippen LogP contribution in [0.4, 0.5) is 0 Å². The van der Waals surface area contributed by atoms with E-state index in [2.05, 4.69) is 54.5 Å². The summed E-state index contributed by atoms with van der Waals surface area (Å²) in [7, 11) is 0. The van der Waals surface area contributed by atoms with Gasteiger partial charge in [0.25, 0.3) is 0 Å². The lowest BCUT2D eigenvalue weighted by atomic mass is 10.00. The van der Waals surface area contributed by atoms with Gasteiger partial charge >= 0.3 is 0 Å². The Balaban J connectivity index is 2.09. The third-order valence-electron chi connectivity index (χ3n) is 3.32. The van der Waals surface area contributed by atoms with E-state index in [1.807, 2.05) is 6.92 Å². The first-order chi connectivity index (χ1) is 10.1. The van der Waals surface area contributed by atoms with Crippen molar-refractivity contribution >= 4 is 23.1 Å².